The second-order valence-corrected chi connectivity index (χ2v) is 4.80. The fraction of sp³-hybridized carbons (Fsp3) is 0.250. The minimum Gasteiger partial charge on any atom is -0.619 e. The highest BCUT2D eigenvalue weighted by Gasteiger charge is 2.15. The van der Waals surface area contributed by atoms with Gasteiger partial charge in [-0.3, -0.25) is 4.79 Å². The SMILES string of the molecule is CC[C@@H](NC(=O)c1ccc[n+]([O-])c1)c1ccc(C)cc1. The Morgan fingerprint density at radius 2 is 2.00 bits per heavy atom. The van der Waals surface area contributed by atoms with E-state index in [1.54, 1.807) is 12.1 Å². The second-order valence-electron chi connectivity index (χ2n) is 4.80. The number of hydrogen-bond donors (Lipinski definition) is 1. The molecule has 4 heteroatoms. The van der Waals surface area contributed by atoms with Crippen LogP contribution in [-0.4, -0.2) is 5.91 Å². The summed E-state index contributed by atoms with van der Waals surface area (Å²) in [5.41, 5.74) is 2.62. The number of carbonyl (C=O) groups excluding carboxylic acids is 1. The predicted octanol–water partition coefficient (Wildman–Crippen LogP) is 2.51. The van der Waals surface area contributed by atoms with Crippen LogP contribution in [0.3, 0.4) is 0 Å². The van der Waals surface area contributed by atoms with Gasteiger partial charge in [-0.05, 0) is 25.0 Å². The van der Waals surface area contributed by atoms with Crippen LogP contribution in [0.5, 0.6) is 0 Å². The van der Waals surface area contributed by atoms with Crippen LogP contribution in [0.4, 0.5) is 0 Å². The first-order valence-electron chi connectivity index (χ1n) is 6.66. The molecule has 0 saturated heterocycles. The minimum absolute atomic E-state index is 0.0524. The van der Waals surface area contributed by atoms with E-state index in [0.29, 0.717) is 10.3 Å². The Hall–Kier alpha value is -2.36. The molecule has 0 bridgehead atoms. The van der Waals surface area contributed by atoms with Gasteiger partial charge >= 0.3 is 0 Å². The summed E-state index contributed by atoms with van der Waals surface area (Å²) >= 11 is 0. The normalized spacial score (nSPS) is 11.9. The Morgan fingerprint density at radius 3 is 2.60 bits per heavy atom. The summed E-state index contributed by atoms with van der Waals surface area (Å²) in [6, 6.07) is 11.2. The number of benzene rings is 1. The smallest absolute Gasteiger partial charge is 0.257 e. The number of carbonyl (C=O) groups is 1. The highest BCUT2D eigenvalue weighted by Crippen LogP contribution is 2.17. The molecule has 0 saturated carbocycles. The Balaban J connectivity index is 2.14. The zero-order valence-electron chi connectivity index (χ0n) is 11.7. The lowest BCUT2D eigenvalue weighted by Crippen LogP contribution is -2.32. The summed E-state index contributed by atoms with van der Waals surface area (Å²) in [6.45, 7) is 4.05. The van der Waals surface area contributed by atoms with Crippen LogP contribution in [0.25, 0.3) is 0 Å². The van der Waals surface area contributed by atoms with E-state index in [-0.39, 0.29) is 11.9 Å². The van der Waals surface area contributed by atoms with Gasteiger partial charge in [0.2, 0.25) is 0 Å². The van der Waals surface area contributed by atoms with Gasteiger partial charge in [-0.15, -0.1) is 0 Å². The second kappa shape index (κ2) is 6.19. The minimum atomic E-state index is -0.234. The van der Waals surface area contributed by atoms with E-state index in [1.807, 2.05) is 38.1 Å². The molecule has 1 N–H and O–H groups in total. The molecule has 0 radical (unpaired) electrons. The lowest BCUT2D eigenvalue weighted by Gasteiger charge is -2.17. The van der Waals surface area contributed by atoms with Gasteiger partial charge in [-0.25, -0.2) is 0 Å². The topological polar surface area (TPSA) is 56.0 Å². The van der Waals surface area contributed by atoms with E-state index < -0.39 is 0 Å². The highest BCUT2D eigenvalue weighted by molar-refractivity contribution is 5.93. The van der Waals surface area contributed by atoms with Crippen LogP contribution in [0.2, 0.25) is 0 Å². The van der Waals surface area contributed by atoms with Crippen molar-refractivity contribution in [3.05, 3.63) is 70.7 Å². The van der Waals surface area contributed by atoms with E-state index >= 15 is 0 Å². The number of amides is 1. The van der Waals surface area contributed by atoms with E-state index in [2.05, 4.69) is 5.32 Å². The summed E-state index contributed by atoms with van der Waals surface area (Å²) < 4.78 is 0.627. The maximum Gasteiger partial charge on any atom is 0.257 e. The van der Waals surface area contributed by atoms with Crippen molar-refractivity contribution in [2.75, 3.05) is 0 Å². The molecule has 2 rings (SSSR count). The van der Waals surface area contributed by atoms with E-state index in [9.17, 15) is 10.0 Å². The third-order valence-electron chi connectivity index (χ3n) is 3.23. The summed E-state index contributed by atoms with van der Waals surface area (Å²) in [4.78, 5) is 12.1. The van der Waals surface area contributed by atoms with Gasteiger partial charge in [0.05, 0.1) is 6.04 Å². The van der Waals surface area contributed by atoms with E-state index in [1.165, 1.54) is 18.0 Å². The first kappa shape index (κ1) is 14.1. The lowest BCUT2D eigenvalue weighted by atomic mass is 10.0. The average Bonchev–Trinajstić information content (AvgIpc) is 2.45. The summed E-state index contributed by atoms with van der Waals surface area (Å²) in [5, 5.41) is 14.1. The molecule has 1 atom stereocenters. The molecule has 0 fully saturated rings. The van der Waals surface area contributed by atoms with Gasteiger partial charge in [0.15, 0.2) is 12.4 Å². The quantitative estimate of drug-likeness (QED) is 0.685. The predicted molar refractivity (Wildman–Crippen MR) is 77.1 cm³/mol. The molecule has 0 spiro atoms. The van der Waals surface area contributed by atoms with Crippen LogP contribution in [0.1, 0.15) is 40.9 Å². The third-order valence-corrected chi connectivity index (χ3v) is 3.23. The monoisotopic (exact) mass is 270 g/mol. The van der Waals surface area contributed by atoms with Gasteiger partial charge in [0.25, 0.3) is 5.91 Å². The molecule has 20 heavy (non-hydrogen) atoms. The van der Waals surface area contributed by atoms with Crippen LogP contribution < -0.4 is 10.0 Å². The Kier molecular flexibility index (Phi) is 4.35. The number of aryl methyl sites for hydroxylation is 1. The maximum absolute atomic E-state index is 12.1. The summed E-state index contributed by atoms with van der Waals surface area (Å²) in [5.74, 6) is -0.234. The number of rotatable bonds is 4. The molecule has 2 aromatic rings. The van der Waals surface area contributed by atoms with Crippen molar-refractivity contribution in [1.29, 1.82) is 0 Å². The van der Waals surface area contributed by atoms with Gasteiger partial charge in [0, 0.05) is 6.07 Å². The number of nitrogens with one attached hydrogen (secondary N) is 1. The first-order chi connectivity index (χ1) is 9.60. The van der Waals surface area contributed by atoms with Crippen molar-refractivity contribution in [3.8, 4) is 0 Å². The molecule has 0 aliphatic heterocycles. The molecule has 1 aromatic carbocycles. The largest absolute Gasteiger partial charge is 0.619 e. The van der Waals surface area contributed by atoms with Crippen molar-refractivity contribution in [2.45, 2.75) is 26.3 Å². The van der Waals surface area contributed by atoms with Crippen LogP contribution in [0.15, 0.2) is 48.8 Å². The van der Waals surface area contributed by atoms with E-state index in [0.717, 1.165) is 12.0 Å². The standard InChI is InChI=1S/C16H18N2O2/c1-3-15(13-8-6-12(2)7-9-13)17-16(19)14-5-4-10-18(20)11-14/h4-11,15H,3H2,1-2H3,(H,17,19)/t15-/m1/s1. The van der Waals surface area contributed by atoms with Crippen LogP contribution in [0, 0.1) is 12.1 Å². The summed E-state index contributed by atoms with van der Waals surface area (Å²) in [6.07, 6.45) is 3.42. The van der Waals surface area contributed by atoms with Crippen molar-refractivity contribution in [1.82, 2.24) is 5.32 Å². The fourth-order valence-electron chi connectivity index (χ4n) is 2.05. The number of hydrogen-bond acceptors (Lipinski definition) is 2. The third kappa shape index (κ3) is 3.35. The molecule has 4 nitrogen and oxygen atoms in total. The highest BCUT2D eigenvalue weighted by atomic mass is 16.5. The number of nitrogens with zero attached hydrogens (tertiary/aromatic N) is 1. The van der Waals surface area contributed by atoms with Gasteiger partial charge in [-0.1, -0.05) is 36.8 Å². The number of pyridine rings is 1. The van der Waals surface area contributed by atoms with Crippen molar-refractivity contribution in [3.63, 3.8) is 0 Å². The van der Waals surface area contributed by atoms with Gasteiger partial charge in [0.1, 0.15) is 5.56 Å². The average molecular weight is 270 g/mol. The molecular formula is C16H18N2O2. The van der Waals surface area contributed by atoms with Crippen molar-refractivity contribution >= 4 is 5.91 Å². The van der Waals surface area contributed by atoms with Crippen LogP contribution in [-0.2, 0) is 0 Å². The molecule has 0 aliphatic rings. The summed E-state index contributed by atoms with van der Waals surface area (Å²) in [7, 11) is 0. The lowest BCUT2D eigenvalue weighted by molar-refractivity contribution is -0.605. The molecule has 104 valence electrons. The number of aromatic nitrogens is 1. The zero-order chi connectivity index (χ0) is 14.5. The van der Waals surface area contributed by atoms with Crippen molar-refractivity contribution in [2.24, 2.45) is 0 Å². The van der Waals surface area contributed by atoms with Crippen LogP contribution >= 0.6 is 0 Å². The Morgan fingerprint density at radius 1 is 1.30 bits per heavy atom. The fourth-order valence-corrected chi connectivity index (χ4v) is 2.05. The molecule has 1 amide bonds. The first-order valence-corrected chi connectivity index (χ1v) is 6.66. The van der Waals surface area contributed by atoms with E-state index in [4.69, 9.17) is 0 Å². The molecular weight excluding hydrogens is 252 g/mol. The zero-order valence-corrected chi connectivity index (χ0v) is 11.7. The van der Waals surface area contributed by atoms with Crippen molar-refractivity contribution < 1.29 is 9.52 Å². The molecule has 0 unspecified atom stereocenters. The van der Waals surface area contributed by atoms with Gasteiger partial charge in [-0.2, -0.15) is 4.73 Å². The molecule has 0 aliphatic carbocycles. The molecule has 1 aromatic heterocycles. The Bertz CT molecular complexity index is 594. The Labute approximate surface area is 118 Å². The molecule has 1 heterocycles. The maximum atomic E-state index is 12.1. The van der Waals surface area contributed by atoms with Gasteiger partial charge < -0.3 is 10.5 Å².